The maximum absolute atomic E-state index is 13.5. The third-order valence-corrected chi connectivity index (χ3v) is 8.11. The molecule has 4 atom stereocenters. The van der Waals surface area contributed by atoms with Gasteiger partial charge in [0.05, 0.1) is 17.5 Å². The minimum absolute atomic E-state index is 0.154. The minimum atomic E-state index is -0.441. The number of carbonyl (C=O) groups excluding carboxylic acids is 2. The Labute approximate surface area is 213 Å². The first-order valence-corrected chi connectivity index (χ1v) is 12.6. The molecular weight excluding hydrogens is 561 g/mol. The smallest absolute Gasteiger partial charge is 0.238 e. The van der Waals surface area contributed by atoms with E-state index < -0.39 is 17.7 Å². The van der Waals surface area contributed by atoms with Crippen LogP contribution in [0.4, 0.5) is 10.1 Å². The maximum atomic E-state index is 13.5. The molecule has 2 bridgehead atoms. The van der Waals surface area contributed by atoms with E-state index in [9.17, 15) is 14.0 Å². The normalized spacial score (nSPS) is 24.8. The quantitative estimate of drug-likeness (QED) is 0.254. The number of benzene rings is 3. The average molecular weight is 579 g/mol. The number of nitrogens with zero attached hydrogens (tertiary/aromatic N) is 1. The third kappa shape index (κ3) is 3.27. The molecule has 1 saturated carbocycles. The van der Waals surface area contributed by atoms with Gasteiger partial charge in [-0.15, -0.1) is 0 Å². The Balaban J connectivity index is 1.48. The highest BCUT2D eigenvalue weighted by atomic mass is 79.9. The molecule has 0 radical (unpaired) electrons. The molecule has 0 spiro atoms. The SMILES string of the molecule is O=C1[C@@H]2[C@@H](C(=O)N1c1ccc(F)cc1)[C@H]1C=C[C@H]2C1=C(c1ccc(Br)cc1)c1ccc(Br)cc1. The molecule has 6 rings (SSSR count). The molecule has 1 heterocycles. The van der Waals surface area contributed by atoms with Gasteiger partial charge in [-0.1, -0.05) is 68.3 Å². The van der Waals surface area contributed by atoms with Crippen LogP contribution in [0.2, 0.25) is 0 Å². The molecule has 0 unspecified atom stereocenters. The fourth-order valence-electron chi connectivity index (χ4n) is 5.67. The van der Waals surface area contributed by atoms with Gasteiger partial charge in [-0.05, 0) is 70.8 Å². The van der Waals surface area contributed by atoms with Crippen LogP contribution in [0.5, 0.6) is 0 Å². The Hall–Kier alpha value is -2.83. The van der Waals surface area contributed by atoms with E-state index in [0.29, 0.717) is 5.69 Å². The van der Waals surface area contributed by atoms with Crippen LogP contribution in [0.25, 0.3) is 5.57 Å². The highest BCUT2D eigenvalue weighted by Gasteiger charge is 2.62. The van der Waals surface area contributed by atoms with E-state index in [1.807, 2.05) is 24.3 Å². The second-order valence-corrected chi connectivity index (χ2v) is 10.7. The Morgan fingerprint density at radius 2 is 1.12 bits per heavy atom. The standard InChI is InChI=1S/C28H18Br2FNO2/c29-17-5-1-15(2-6-17)23(16-3-7-18(30)8-4-16)24-21-13-14-22(24)26-25(21)27(33)32(28(26)34)20-11-9-19(31)10-12-20/h1-14,21-22,25-26H/t21-,22-,25-,26-/m0/s1. The second kappa shape index (κ2) is 8.14. The molecule has 2 fully saturated rings. The number of fused-ring (bicyclic) bond motifs is 5. The van der Waals surface area contributed by atoms with Gasteiger partial charge in [-0.3, -0.25) is 9.59 Å². The number of allylic oxidation sites excluding steroid dienone is 3. The number of imide groups is 1. The number of amides is 2. The summed E-state index contributed by atoms with van der Waals surface area (Å²) in [6.45, 7) is 0. The zero-order chi connectivity index (χ0) is 23.6. The number of hydrogen-bond donors (Lipinski definition) is 0. The van der Waals surface area contributed by atoms with Crippen LogP contribution in [0.1, 0.15) is 11.1 Å². The summed E-state index contributed by atoms with van der Waals surface area (Å²) in [5.74, 6) is -2.00. The number of hydrogen-bond acceptors (Lipinski definition) is 2. The summed E-state index contributed by atoms with van der Waals surface area (Å²) in [6.07, 6.45) is 4.16. The van der Waals surface area contributed by atoms with E-state index >= 15 is 0 Å². The summed E-state index contributed by atoms with van der Waals surface area (Å²) in [5.41, 5.74) is 4.73. The average Bonchev–Trinajstić information content (AvgIpc) is 3.47. The van der Waals surface area contributed by atoms with E-state index in [1.54, 1.807) is 0 Å². The van der Waals surface area contributed by atoms with Crippen LogP contribution in [-0.2, 0) is 9.59 Å². The monoisotopic (exact) mass is 577 g/mol. The van der Waals surface area contributed by atoms with Gasteiger partial charge in [0.15, 0.2) is 0 Å². The fourth-order valence-corrected chi connectivity index (χ4v) is 6.20. The first kappa shape index (κ1) is 21.7. The van der Waals surface area contributed by atoms with Crippen LogP contribution in [0, 0.1) is 29.5 Å². The fraction of sp³-hybridized carbons (Fsp3) is 0.143. The predicted octanol–water partition coefficient (Wildman–Crippen LogP) is 6.77. The summed E-state index contributed by atoms with van der Waals surface area (Å²) in [4.78, 5) is 28.3. The zero-order valence-electron chi connectivity index (χ0n) is 17.8. The van der Waals surface area contributed by atoms with Crippen molar-refractivity contribution in [2.24, 2.45) is 23.7 Å². The lowest BCUT2D eigenvalue weighted by molar-refractivity contribution is -0.122. The second-order valence-electron chi connectivity index (χ2n) is 8.82. The first-order valence-electron chi connectivity index (χ1n) is 11.0. The van der Waals surface area contributed by atoms with Crippen molar-refractivity contribution in [3.63, 3.8) is 0 Å². The Morgan fingerprint density at radius 3 is 1.56 bits per heavy atom. The lowest BCUT2D eigenvalue weighted by atomic mass is 9.85. The van der Waals surface area contributed by atoms with Gasteiger partial charge in [-0.25, -0.2) is 9.29 Å². The maximum Gasteiger partial charge on any atom is 0.238 e. The van der Waals surface area contributed by atoms with Gasteiger partial charge in [0.1, 0.15) is 5.82 Å². The highest BCUT2D eigenvalue weighted by molar-refractivity contribution is 9.10. The van der Waals surface area contributed by atoms with E-state index in [1.165, 1.54) is 29.2 Å². The van der Waals surface area contributed by atoms with E-state index in [0.717, 1.165) is 31.2 Å². The lowest BCUT2D eigenvalue weighted by Gasteiger charge is -2.21. The molecular formula is C28H18Br2FNO2. The zero-order valence-corrected chi connectivity index (χ0v) is 21.0. The number of anilines is 1. The summed E-state index contributed by atoms with van der Waals surface area (Å²) < 4.78 is 15.4. The van der Waals surface area contributed by atoms with Gasteiger partial charge >= 0.3 is 0 Å². The van der Waals surface area contributed by atoms with Gasteiger partial charge in [-0.2, -0.15) is 0 Å². The van der Waals surface area contributed by atoms with Crippen molar-refractivity contribution in [1.29, 1.82) is 0 Å². The van der Waals surface area contributed by atoms with Gasteiger partial charge in [0.2, 0.25) is 11.8 Å². The lowest BCUT2D eigenvalue weighted by Crippen LogP contribution is -2.33. The largest absolute Gasteiger partial charge is 0.274 e. The van der Waals surface area contributed by atoms with Crippen molar-refractivity contribution < 1.29 is 14.0 Å². The Kier molecular flexibility index (Phi) is 5.19. The van der Waals surface area contributed by atoms with Crippen LogP contribution in [0.15, 0.2) is 99.5 Å². The highest BCUT2D eigenvalue weighted by Crippen LogP contribution is 2.58. The van der Waals surface area contributed by atoms with Gasteiger partial charge < -0.3 is 0 Å². The van der Waals surface area contributed by atoms with Crippen LogP contribution >= 0.6 is 31.9 Å². The predicted molar refractivity (Wildman–Crippen MR) is 136 cm³/mol. The van der Waals surface area contributed by atoms with Crippen LogP contribution < -0.4 is 4.90 Å². The molecule has 34 heavy (non-hydrogen) atoms. The first-order chi connectivity index (χ1) is 16.4. The van der Waals surface area contributed by atoms with Crippen molar-refractivity contribution in [3.05, 3.63) is 116 Å². The summed E-state index contributed by atoms with van der Waals surface area (Å²) in [6, 6.07) is 21.8. The molecule has 6 heteroatoms. The van der Waals surface area contributed by atoms with Crippen molar-refractivity contribution >= 4 is 54.9 Å². The van der Waals surface area contributed by atoms with Crippen molar-refractivity contribution in [2.75, 3.05) is 4.90 Å². The molecule has 1 aliphatic heterocycles. The molecule has 168 valence electrons. The number of halogens is 3. The number of carbonyl (C=O) groups is 2. The summed E-state index contributed by atoms with van der Waals surface area (Å²) in [7, 11) is 0. The molecule has 3 aromatic rings. The van der Waals surface area contributed by atoms with Gasteiger partial charge in [0.25, 0.3) is 0 Å². The molecule has 2 amide bonds. The van der Waals surface area contributed by atoms with Crippen molar-refractivity contribution in [3.8, 4) is 0 Å². The van der Waals surface area contributed by atoms with Crippen molar-refractivity contribution in [2.45, 2.75) is 0 Å². The molecule has 3 aliphatic rings. The van der Waals surface area contributed by atoms with Gasteiger partial charge in [0, 0.05) is 20.8 Å². The Bertz CT molecular complexity index is 1300. The molecule has 1 saturated heterocycles. The van der Waals surface area contributed by atoms with E-state index in [4.69, 9.17) is 0 Å². The molecule has 0 N–H and O–H groups in total. The van der Waals surface area contributed by atoms with E-state index in [-0.39, 0.29) is 23.7 Å². The molecule has 3 aromatic carbocycles. The molecule has 0 aromatic heterocycles. The van der Waals surface area contributed by atoms with E-state index in [2.05, 4.69) is 68.3 Å². The Morgan fingerprint density at radius 1 is 0.676 bits per heavy atom. The third-order valence-electron chi connectivity index (χ3n) is 7.06. The molecule has 2 aliphatic carbocycles. The minimum Gasteiger partial charge on any atom is -0.274 e. The van der Waals surface area contributed by atoms with Crippen molar-refractivity contribution in [1.82, 2.24) is 0 Å². The van der Waals surface area contributed by atoms with Crippen LogP contribution in [-0.4, -0.2) is 11.8 Å². The van der Waals surface area contributed by atoms with Crippen LogP contribution in [0.3, 0.4) is 0 Å². The number of rotatable bonds is 3. The topological polar surface area (TPSA) is 37.4 Å². The summed E-state index contributed by atoms with van der Waals surface area (Å²) in [5, 5.41) is 0. The molecule has 3 nitrogen and oxygen atoms in total. The summed E-state index contributed by atoms with van der Waals surface area (Å²) >= 11 is 7.03.